The van der Waals surface area contributed by atoms with Gasteiger partial charge in [-0.15, -0.1) is 0 Å². The number of nitrogens with two attached hydrogens (primary N) is 1. The summed E-state index contributed by atoms with van der Waals surface area (Å²) >= 11 is 0. The molecule has 0 unspecified atom stereocenters. The van der Waals surface area contributed by atoms with E-state index in [2.05, 4.69) is 42.2 Å². The van der Waals surface area contributed by atoms with Crippen LogP contribution < -0.4 is 25.4 Å². The molecule has 168 valence electrons. The highest BCUT2D eigenvalue weighted by Crippen LogP contribution is 2.26. The fraction of sp³-hybridized carbons (Fsp3) is 0.348. The summed E-state index contributed by atoms with van der Waals surface area (Å²) in [6, 6.07) is 15.9. The fourth-order valence-electron chi connectivity index (χ4n) is 3.69. The Balaban J connectivity index is 1.38. The Morgan fingerprint density at radius 1 is 0.969 bits per heavy atom. The van der Waals surface area contributed by atoms with Crippen molar-refractivity contribution >= 4 is 23.3 Å². The van der Waals surface area contributed by atoms with Gasteiger partial charge in [0.15, 0.2) is 0 Å². The van der Waals surface area contributed by atoms with Crippen LogP contribution in [-0.4, -0.2) is 59.7 Å². The highest BCUT2D eigenvalue weighted by Gasteiger charge is 2.19. The molecule has 0 bridgehead atoms. The molecule has 3 N–H and O–H groups in total. The van der Waals surface area contributed by atoms with Gasteiger partial charge in [0.2, 0.25) is 11.9 Å². The molecule has 2 aromatic carbocycles. The van der Waals surface area contributed by atoms with Gasteiger partial charge in [0, 0.05) is 31.9 Å². The van der Waals surface area contributed by atoms with E-state index in [1.807, 2.05) is 43.3 Å². The third-order valence-electron chi connectivity index (χ3n) is 5.31. The van der Waals surface area contributed by atoms with Crippen LogP contribution in [0, 0.1) is 0 Å². The molecule has 2 heterocycles. The first kappa shape index (κ1) is 21.6. The van der Waals surface area contributed by atoms with Crippen molar-refractivity contribution in [3.05, 3.63) is 54.4 Å². The number of nitrogen functional groups attached to an aromatic ring is 1. The van der Waals surface area contributed by atoms with Crippen LogP contribution in [0.3, 0.4) is 0 Å². The number of benzene rings is 2. The van der Waals surface area contributed by atoms with Crippen molar-refractivity contribution in [2.75, 3.05) is 55.8 Å². The molecule has 9 nitrogen and oxygen atoms in total. The topological polar surface area (TPSA) is 102 Å². The molecule has 3 aromatic rings. The summed E-state index contributed by atoms with van der Waals surface area (Å²) in [5.41, 5.74) is 7.96. The number of aromatic nitrogens is 3. The molecule has 1 aliphatic heterocycles. The summed E-state index contributed by atoms with van der Waals surface area (Å²) in [6.45, 7) is 6.82. The molecule has 1 aromatic heterocycles. The van der Waals surface area contributed by atoms with Crippen LogP contribution in [-0.2, 0) is 6.54 Å². The van der Waals surface area contributed by atoms with E-state index in [1.165, 1.54) is 5.69 Å². The van der Waals surface area contributed by atoms with Crippen molar-refractivity contribution in [3.63, 3.8) is 0 Å². The summed E-state index contributed by atoms with van der Waals surface area (Å²) in [7, 11) is 1.68. The maximum atomic E-state index is 5.97. The number of anilines is 4. The molecule has 0 saturated carbocycles. The Morgan fingerprint density at radius 3 is 2.44 bits per heavy atom. The second kappa shape index (κ2) is 10.1. The molecular formula is C23H29N7O2. The van der Waals surface area contributed by atoms with Crippen molar-refractivity contribution in [2.45, 2.75) is 13.5 Å². The Kier molecular flexibility index (Phi) is 6.86. The van der Waals surface area contributed by atoms with Crippen LogP contribution >= 0.6 is 0 Å². The average Bonchev–Trinajstić information content (AvgIpc) is 2.81. The molecule has 0 atom stereocenters. The van der Waals surface area contributed by atoms with Gasteiger partial charge < -0.3 is 25.4 Å². The van der Waals surface area contributed by atoms with E-state index in [4.69, 9.17) is 15.2 Å². The Bertz CT molecular complexity index is 1020. The third-order valence-corrected chi connectivity index (χ3v) is 5.31. The van der Waals surface area contributed by atoms with E-state index in [0.717, 1.165) is 43.4 Å². The fourth-order valence-corrected chi connectivity index (χ4v) is 3.69. The predicted octanol–water partition coefficient (Wildman–Crippen LogP) is 2.93. The van der Waals surface area contributed by atoms with Gasteiger partial charge in [0.25, 0.3) is 0 Å². The summed E-state index contributed by atoms with van der Waals surface area (Å²) in [5, 5.41) is 3.21. The number of methoxy groups -OCH3 is 1. The highest BCUT2D eigenvalue weighted by molar-refractivity contribution is 5.62. The van der Waals surface area contributed by atoms with Crippen LogP contribution in [0.15, 0.2) is 48.5 Å². The zero-order valence-corrected chi connectivity index (χ0v) is 18.5. The minimum absolute atomic E-state index is 0.197. The maximum absolute atomic E-state index is 5.97. The Labute approximate surface area is 188 Å². The van der Waals surface area contributed by atoms with Gasteiger partial charge in [-0.25, -0.2) is 0 Å². The van der Waals surface area contributed by atoms with Gasteiger partial charge in [-0.3, -0.25) is 4.90 Å². The van der Waals surface area contributed by atoms with E-state index in [-0.39, 0.29) is 5.95 Å². The number of piperazine rings is 1. The second-order valence-electron chi connectivity index (χ2n) is 7.45. The first-order valence-electron chi connectivity index (χ1n) is 10.7. The SMILES string of the molecule is CCOc1ccccc1Nc1nc(N)nc(CN2CCN(c3ccc(OC)cc3)CC2)n1. The van der Waals surface area contributed by atoms with E-state index >= 15 is 0 Å². The van der Waals surface area contributed by atoms with Crippen molar-refractivity contribution in [1.82, 2.24) is 19.9 Å². The predicted molar refractivity (Wildman–Crippen MR) is 126 cm³/mol. The minimum atomic E-state index is 0.197. The van der Waals surface area contributed by atoms with Crippen LogP contribution in [0.4, 0.5) is 23.3 Å². The molecule has 1 aliphatic rings. The van der Waals surface area contributed by atoms with E-state index < -0.39 is 0 Å². The first-order chi connectivity index (χ1) is 15.6. The molecule has 1 saturated heterocycles. The molecule has 0 spiro atoms. The average molecular weight is 436 g/mol. The standard InChI is InChI=1S/C23H29N7O2/c1-3-32-20-7-5-4-6-19(20)25-23-27-21(26-22(24)28-23)16-29-12-14-30(15-13-29)17-8-10-18(31-2)11-9-17/h4-11H,3,12-16H2,1-2H3,(H3,24,25,26,27,28). The van der Waals surface area contributed by atoms with Crippen LogP contribution in [0.1, 0.15) is 12.7 Å². The summed E-state index contributed by atoms with van der Waals surface area (Å²) in [4.78, 5) is 17.9. The maximum Gasteiger partial charge on any atom is 0.232 e. The quantitative estimate of drug-likeness (QED) is 0.553. The van der Waals surface area contributed by atoms with E-state index in [1.54, 1.807) is 7.11 Å². The summed E-state index contributed by atoms with van der Waals surface area (Å²) in [6.07, 6.45) is 0. The third kappa shape index (κ3) is 5.36. The number of nitrogens with zero attached hydrogens (tertiary/aromatic N) is 5. The lowest BCUT2D eigenvalue weighted by atomic mass is 10.2. The lowest BCUT2D eigenvalue weighted by Gasteiger charge is -2.35. The van der Waals surface area contributed by atoms with Crippen molar-refractivity contribution < 1.29 is 9.47 Å². The van der Waals surface area contributed by atoms with E-state index in [0.29, 0.717) is 24.9 Å². The van der Waals surface area contributed by atoms with E-state index in [9.17, 15) is 0 Å². The van der Waals surface area contributed by atoms with Crippen molar-refractivity contribution in [2.24, 2.45) is 0 Å². The van der Waals surface area contributed by atoms with Gasteiger partial charge in [0.05, 0.1) is 25.9 Å². The first-order valence-corrected chi connectivity index (χ1v) is 10.7. The number of hydrogen-bond acceptors (Lipinski definition) is 9. The smallest absolute Gasteiger partial charge is 0.232 e. The minimum Gasteiger partial charge on any atom is -0.497 e. The molecule has 0 amide bonds. The molecule has 9 heteroatoms. The lowest BCUT2D eigenvalue weighted by Crippen LogP contribution is -2.46. The van der Waals surface area contributed by atoms with Crippen LogP contribution in [0.5, 0.6) is 11.5 Å². The van der Waals surface area contributed by atoms with Gasteiger partial charge in [-0.1, -0.05) is 12.1 Å². The number of ether oxygens (including phenoxy) is 2. The molecule has 32 heavy (non-hydrogen) atoms. The second-order valence-corrected chi connectivity index (χ2v) is 7.45. The molecular weight excluding hydrogens is 406 g/mol. The zero-order valence-electron chi connectivity index (χ0n) is 18.5. The number of rotatable bonds is 8. The monoisotopic (exact) mass is 435 g/mol. The highest BCUT2D eigenvalue weighted by atomic mass is 16.5. The molecule has 4 rings (SSSR count). The number of para-hydroxylation sites is 2. The number of nitrogens with one attached hydrogen (secondary N) is 1. The lowest BCUT2D eigenvalue weighted by molar-refractivity contribution is 0.244. The van der Waals surface area contributed by atoms with Crippen molar-refractivity contribution in [3.8, 4) is 11.5 Å². The molecule has 0 radical (unpaired) electrons. The van der Waals surface area contributed by atoms with Crippen LogP contribution in [0.2, 0.25) is 0 Å². The van der Waals surface area contributed by atoms with Gasteiger partial charge in [0.1, 0.15) is 17.3 Å². The van der Waals surface area contributed by atoms with Gasteiger partial charge in [-0.05, 0) is 43.3 Å². The van der Waals surface area contributed by atoms with Crippen LogP contribution in [0.25, 0.3) is 0 Å². The summed E-state index contributed by atoms with van der Waals surface area (Å²) in [5.74, 6) is 2.87. The van der Waals surface area contributed by atoms with Gasteiger partial charge in [-0.2, -0.15) is 15.0 Å². The normalized spacial score (nSPS) is 14.2. The number of hydrogen-bond donors (Lipinski definition) is 2. The largest absolute Gasteiger partial charge is 0.497 e. The Hall–Kier alpha value is -3.59. The Morgan fingerprint density at radius 2 is 1.72 bits per heavy atom. The van der Waals surface area contributed by atoms with Gasteiger partial charge >= 0.3 is 0 Å². The zero-order chi connectivity index (χ0) is 22.3. The van der Waals surface area contributed by atoms with Crippen molar-refractivity contribution in [1.29, 1.82) is 0 Å². The molecule has 0 aliphatic carbocycles. The molecule has 1 fully saturated rings. The summed E-state index contributed by atoms with van der Waals surface area (Å²) < 4.78 is 10.9.